The number of rotatable bonds is 6. The molecular weight excluding hydrogens is 464 g/mol. The molecular formula is C26H26N4O4S. The van der Waals surface area contributed by atoms with Crippen molar-refractivity contribution in [1.29, 1.82) is 5.26 Å². The second-order valence-electron chi connectivity index (χ2n) is 9.31. The van der Waals surface area contributed by atoms with Crippen LogP contribution in [0.4, 0.5) is 11.4 Å². The molecule has 2 aromatic carbocycles. The molecule has 0 unspecified atom stereocenters. The van der Waals surface area contributed by atoms with Crippen LogP contribution >= 0.6 is 11.3 Å². The molecule has 35 heavy (non-hydrogen) atoms. The van der Waals surface area contributed by atoms with Crippen molar-refractivity contribution >= 4 is 40.6 Å². The van der Waals surface area contributed by atoms with E-state index in [2.05, 4.69) is 6.07 Å². The predicted molar refractivity (Wildman–Crippen MR) is 138 cm³/mol. The van der Waals surface area contributed by atoms with Gasteiger partial charge in [0, 0.05) is 31.7 Å². The molecule has 0 amide bonds. The van der Waals surface area contributed by atoms with Gasteiger partial charge < -0.3 is 4.90 Å². The minimum Gasteiger partial charge on any atom is -0.372 e. The van der Waals surface area contributed by atoms with E-state index in [1.165, 1.54) is 16.7 Å². The van der Waals surface area contributed by atoms with Gasteiger partial charge in [-0.25, -0.2) is 0 Å². The monoisotopic (exact) mass is 490 g/mol. The summed E-state index contributed by atoms with van der Waals surface area (Å²) in [5.74, 6) is -0.121. The summed E-state index contributed by atoms with van der Waals surface area (Å²) in [4.78, 5) is 38.9. The van der Waals surface area contributed by atoms with Crippen molar-refractivity contribution in [2.75, 3.05) is 19.0 Å². The van der Waals surface area contributed by atoms with Crippen LogP contribution in [0.15, 0.2) is 47.3 Å². The van der Waals surface area contributed by atoms with Crippen LogP contribution in [0.1, 0.15) is 37.5 Å². The number of carbonyl (C=O) groups is 1. The first-order chi connectivity index (χ1) is 16.4. The van der Waals surface area contributed by atoms with Crippen molar-refractivity contribution in [2.24, 2.45) is 5.41 Å². The fourth-order valence-corrected chi connectivity index (χ4v) is 4.34. The fourth-order valence-electron chi connectivity index (χ4n) is 3.29. The summed E-state index contributed by atoms with van der Waals surface area (Å²) < 4.78 is 2.37. The summed E-state index contributed by atoms with van der Waals surface area (Å²) in [5.41, 5.74) is 1.31. The maximum atomic E-state index is 13.4. The Bertz CT molecular complexity index is 1500. The minimum atomic E-state index is -0.619. The van der Waals surface area contributed by atoms with Crippen molar-refractivity contribution in [1.82, 2.24) is 4.57 Å². The van der Waals surface area contributed by atoms with Crippen LogP contribution < -0.4 is 19.7 Å². The van der Waals surface area contributed by atoms with Crippen LogP contribution in [0.25, 0.3) is 12.2 Å². The summed E-state index contributed by atoms with van der Waals surface area (Å²) in [5, 5.41) is 20.6. The molecule has 0 bridgehead atoms. The highest BCUT2D eigenvalue weighted by Crippen LogP contribution is 2.27. The number of hydrogen-bond donors (Lipinski definition) is 0. The van der Waals surface area contributed by atoms with Crippen LogP contribution in [-0.4, -0.2) is 29.4 Å². The van der Waals surface area contributed by atoms with Crippen LogP contribution in [0.3, 0.4) is 0 Å². The average molecular weight is 491 g/mol. The van der Waals surface area contributed by atoms with Crippen molar-refractivity contribution in [2.45, 2.75) is 27.3 Å². The molecule has 0 saturated carbocycles. The second kappa shape index (κ2) is 10.1. The minimum absolute atomic E-state index is 0.0621. The van der Waals surface area contributed by atoms with E-state index < -0.39 is 10.3 Å². The number of thiazole rings is 1. The molecule has 0 aliphatic rings. The molecule has 3 rings (SSSR count). The number of nitriles is 1. The number of hydrogen-bond acceptors (Lipinski definition) is 7. The molecule has 0 fully saturated rings. The number of nitrogens with zero attached hydrogens (tertiary/aromatic N) is 4. The van der Waals surface area contributed by atoms with Gasteiger partial charge in [0.2, 0.25) is 0 Å². The SMILES string of the molecule is CN(C)c1ccc(/C=c2/s/c(=C/C(=O)C(C)(C)C)n(Cc3ccc(C#N)cc3)c2=O)cc1[N+](=O)[O-]. The number of benzene rings is 2. The molecule has 0 N–H and O–H groups in total. The molecule has 1 heterocycles. The number of carbonyl (C=O) groups excluding carboxylic acids is 1. The van der Waals surface area contributed by atoms with Crippen LogP contribution in [0.2, 0.25) is 0 Å². The van der Waals surface area contributed by atoms with Gasteiger partial charge in [0.05, 0.1) is 27.6 Å². The Balaban J connectivity index is 2.19. The third-order valence-corrected chi connectivity index (χ3v) is 6.39. The highest BCUT2D eigenvalue weighted by atomic mass is 32.1. The molecule has 0 aliphatic heterocycles. The lowest BCUT2D eigenvalue weighted by atomic mass is 9.91. The Kier molecular flexibility index (Phi) is 7.37. The first-order valence-corrected chi connectivity index (χ1v) is 11.6. The molecule has 0 radical (unpaired) electrons. The number of ketones is 1. The van der Waals surface area contributed by atoms with Crippen molar-refractivity contribution < 1.29 is 9.72 Å². The zero-order valence-corrected chi connectivity index (χ0v) is 21.0. The Morgan fingerprint density at radius 1 is 1.20 bits per heavy atom. The first kappa shape index (κ1) is 25.6. The summed E-state index contributed by atoms with van der Waals surface area (Å²) >= 11 is 1.16. The van der Waals surface area contributed by atoms with Gasteiger partial charge in [0.1, 0.15) is 10.4 Å². The lowest BCUT2D eigenvalue weighted by molar-refractivity contribution is -0.384. The van der Waals surface area contributed by atoms with Crippen molar-refractivity contribution in [3.05, 3.63) is 88.8 Å². The molecule has 9 heteroatoms. The van der Waals surface area contributed by atoms with Crippen LogP contribution in [0, 0.1) is 26.9 Å². The fraction of sp³-hybridized carbons (Fsp3) is 0.269. The van der Waals surface area contributed by atoms with Crippen molar-refractivity contribution in [3.8, 4) is 6.07 Å². The van der Waals surface area contributed by atoms with E-state index in [0.717, 1.165) is 16.9 Å². The normalized spacial score (nSPS) is 12.5. The molecule has 8 nitrogen and oxygen atoms in total. The Labute approximate surface area is 206 Å². The highest BCUT2D eigenvalue weighted by Gasteiger charge is 2.20. The third kappa shape index (κ3) is 5.91. The second-order valence-corrected chi connectivity index (χ2v) is 10.4. The van der Waals surface area contributed by atoms with Gasteiger partial charge >= 0.3 is 0 Å². The standard InChI is InChI=1S/C26H26N4O4S/c1-26(2,3)23(31)14-24-29(16-18-8-6-17(15-27)7-9-18)25(32)22(35-24)13-19-10-11-20(28(4)5)21(12-19)30(33)34/h6-14H,16H2,1-5H3/b22-13+,24-14+. The maximum Gasteiger partial charge on any atom is 0.293 e. The predicted octanol–water partition coefficient (Wildman–Crippen LogP) is 3.03. The summed E-state index contributed by atoms with van der Waals surface area (Å²) in [6.45, 7) is 5.64. The Morgan fingerprint density at radius 3 is 2.40 bits per heavy atom. The number of nitro benzene ring substituents is 1. The number of nitro groups is 1. The average Bonchev–Trinajstić information content (AvgIpc) is 3.07. The Morgan fingerprint density at radius 2 is 1.86 bits per heavy atom. The van der Waals surface area contributed by atoms with Crippen LogP contribution in [-0.2, 0) is 11.3 Å². The summed E-state index contributed by atoms with van der Waals surface area (Å²) in [6.07, 6.45) is 3.08. The van der Waals surface area contributed by atoms with E-state index in [0.29, 0.717) is 26.0 Å². The van der Waals surface area contributed by atoms with Gasteiger partial charge in [-0.2, -0.15) is 5.26 Å². The van der Waals surface area contributed by atoms with E-state index >= 15 is 0 Å². The number of aromatic nitrogens is 1. The largest absolute Gasteiger partial charge is 0.372 e. The summed E-state index contributed by atoms with van der Waals surface area (Å²) in [7, 11) is 3.45. The zero-order chi connectivity index (χ0) is 25.9. The number of Topliss-reactive ketones (excluding diaryl/α,β-unsaturated/α-hetero) is 1. The van der Waals surface area contributed by atoms with Gasteiger partial charge in [-0.05, 0) is 35.4 Å². The molecule has 180 valence electrons. The zero-order valence-electron chi connectivity index (χ0n) is 20.2. The van der Waals surface area contributed by atoms with E-state index in [1.54, 1.807) is 82.2 Å². The molecule has 0 spiro atoms. The third-order valence-electron chi connectivity index (χ3n) is 5.33. The molecule has 1 aromatic heterocycles. The van der Waals surface area contributed by atoms with E-state index in [9.17, 15) is 19.7 Å². The maximum absolute atomic E-state index is 13.4. The van der Waals surface area contributed by atoms with Gasteiger partial charge in [-0.1, -0.05) is 39.0 Å². The van der Waals surface area contributed by atoms with Gasteiger partial charge in [0.25, 0.3) is 11.2 Å². The smallest absolute Gasteiger partial charge is 0.293 e. The molecule has 0 atom stereocenters. The lowest BCUT2D eigenvalue weighted by Gasteiger charge is -2.13. The quantitative estimate of drug-likeness (QED) is 0.388. The Hall–Kier alpha value is -4.03. The van der Waals surface area contributed by atoms with E-state index in [1.807, 2.05) is 0 Å². The van der Waals surface area contributed by atoms with Gasteiger partial charge in [-0.3, -0.25) is 24.3 Å². The van der Waals surface area contributed by atoms with Crippen LogP contribution in [0.5, 0.6) is 0 Å². The number of anilines is 1. The van der Waals surface area contributed by atoms with E-state index in [4.69, 9.17) is 5.26 Å². The van der Waals surface area contributed by atoms with Gasteiger partial charge in [-0.15, -0.1) is 11.3 Å². The molecule has 0 aliphatic carbocycles. The molecule has 0 saturated heterocycles. The topological polar surface area (TPSA) is 109 Å². The van der Waals surface area contributed by atoms with E-state index in [-0.39, 0.29) is 23.6 Å². The summed E-state index contributed by atoms with van der Waals surface area (Å²) in [6, 6.07) is 13.7. The van der Waals surface area contributed by atoms with Gasteiger partial charge in [0.15, 0.2) is 5.78 Å². The first-order valence-electron chi connectivity index (χ1n) is 10.8. The highest BCUT2D eigenvalue weighted by molar-refractivity contribution is 7.07. The lowest BCUT2D eigenvalue weighted by Crippen LogP contribution is -2.32. The van der Waals surface area contributed by atoms with Crippen molar-refractivity contribution in [3.63, 3.8) is 0 Å². The molecule has 3 aromatic rings.